The molecule has 0 atom stereocenters. The van der Waals surface area contributed by atoms with Crippen LogP contribution in [0, 0.1) is 12.7 Å². The summed E-state index contributed by atoms with van der Waals surface area (Å²) < 4.78 is 13.2. The molecule has 6 heteroatoms. The van der Waals surface area contributed by atoms with Crippen molar-refractivity contribution >= 4 is 17.2 Å². The minimum Gasteiger partial charge on any atom is -0.369 e. The van der Waals surface area contributed by atoms with Gasteiger partial charge in [-0.1, -0.05) is 12.1 Å². The van der Waals surface area contributed by atoms with Gasteiger partial charge in [0.15, 0.2) is 0 Å². The molecule has 0 spiro atoms. The second-order valence-electron chi connectivity index (χ2n) is 6.75. The quantitative estimate of drug-likeness (QED) is 0.509. The van der Waals surface area contributed by atoms with Crippen LogP contribution in [0.5, 0.6) is 0 Å². The van der Waals surface area contributed by atoms with Crippen molar-refractivity contribution in [3.63, 3.8) is 0 Å². The predicted molar refractivity (Wildman–Crippen MR) is 114 cm³/mol. The van der Waals surface area contributed by atoms with Crippen LogP contribution in [-0.4, -0.2) is 15.9 Å². The number of hydrogen-bond acceptors (Lipinski definition) is 4. The van der Waals surface area contributed by atoms with E-state index in [1.807, 2.05) is 42.6 Å². The summed E-state index contributed by atoms with van der Waals surface area (Å²) in [5.74, 6) is -0.659. The summed E-state index contributed by atoms with van der Waals surface area (Å²) in [5.41, 5.74) is 11.7. The molecule has 0 fully saturated rings. The Bertz CT molecular complexity index is 1180. The van der Waals surface area contributed by atoms with E-state index in [9.17, 15) is 9.18 Å². The van der Waals surface area contributed by atoms with Gasteiger partial charge in [-0.2, -0.15) is 0 Å². The molecule has 2 N–H and O–H groups in total. The molecule has 4 nitrogen and oxygen atoms in total. The van der Waals surface area contributed by atoms with E-state index >= 15 is 0 Å². The van der Waals surface area contributed by atoms with Crippen LogP contribution in [0.4, 0.5) is 4.39 Å². The SMILES string of the molecule is Cc1cc(-c2ccc(CC(N)=O)cc2-c2nc(-c3ccc(F)cc3)cs2)ccn1. The Morgan fingerprint density at radius 2 is 1.83 bits per heavy atom. The number of aromatic nitrogens is 2. The molecular formula is C23H18FN3OS. The van der Waals surface area contributed by atoms with Gasteiger partial charge >= 0.3 is 0 Å². The Hall–Kier alpha value is -3.38. The first-order chi connectivity index (χ1) is 14.0. The van der Waals surface area contributed by atoms with Gasteiger partial charge < -0.3 is 5.73 Å². The van der Waals surface area contributed by atoms with E-state index in [1.54, 1.807) is 18.3 Å². The number of nitrogens with two attached hydrogens (primary N) is 1. The summed E-state index contributed by atoms with van der Waals surface area (Å²) in [6.07, 6.45) is 1.94. The summed E-state index contributed by atoms with van der Waals surface area (Å²) in [5, 5.41) is 2.77. The molecule has 0 saturated heterocycles. The number of amides is 1. The molecule has 2 heterocycles. The Morgan fingerprint density at radius 1 is 1.03 bits per heavy atom. The standard InChI is InChI=1S/C23H18FN3OS/c1-14-10-17(8-9-26-14)19-7-2-15(12-22(25)28)11-20(19)23-27-21(13-29-23)16-3-5-18(24)6-4-16/h2-11,13H,12H2,1H3,(H2,25,28). The van der Waals surface area contributed by atoms with Crippen molar-refractivity contribution in [2.24, 2.45) is 5.73 Å². The minimum absolute atomic E-state index is 0.166. The topological polar surface area (TPSA) is 68.9 Å². The van der Waals surface area contributed by atoms with Gasteiger partial charge in [0.25, 0.3) is 0 Å². The molecule has 29 heavy (non-hydrogen) atoms. The smallest absolute Gasteiger partial charge is 0.221 e. The van der Waals surface area contributed by atoms with Gasteiger partial charge in [-0.05, 0) is 66.1 Å². The molecule has 1 amide bonds. The number of pyridine rings is 1. The molecule has 144 valence electrons. The third-order valence-electron chi connectivity index (χ3n) is 4.54. The van der Waals surface area contributed by atoms with E-state index in [1.165, 1.54) is 23.5 Å². The molecule has 0 bridgehead atoms. The highest BCUT2D eigenvalue weighted by atomic mass is 32.1. The summed E-state index contributed by atoms with van der Waals surface area (Å²) >= 11 is 1.51. The van der Waals surface area contributed by atoms with Crippen molar-refractivity contribution in [2.75, 3.05) is 0 Å². The fourth-order valence-electron chi connectivity index (χ4n) is 3.19. The third kappa shape index (κ3) is 4.22. The lowest BCUT2D eigenvalue weighted by molar-refractivity contribution is -0.117. The number of thiazole rings is 1. The maximum atomic E-state index is 13.2. The average molecular weight is 403 g/mol. The number of benzene rings is 2. The third-order valence-corrected chi connectivity index (χ3v) is 5.42. The van der Waals surface area contributed by atoms with Crippen molar-refractivity contribution in [1.29, 1.82) is 0 Å². The van der Waals surface area contributed by atoms with E-state index in [0.717, 1.165) is 44.2 Å². The van der Waals surface area contributed by atoms with Gasteiger partial charge in [-0.15, -0.1) is 11.3 Å². The van der Waals surface area contributed by atoms with Crippen LogP contribution >= 0.6 is 11.3 Å². The maximum absolute atomic E-state index is 13.2. The van der Waals surface area contributed by atoms with Crippen molar-refractivity contribution in [3.8, 4) is 33.0 Å². The normalized spacial score (nSPS) is 10.8. The monoisotopic (exact) mass is 403 g/mol. The van der Waals surface area contributed by atoms with Crippen LogP contribution in [-0.2, 0) is 11.2 Å². The maximum Gasteiger partial charge on any atom is 0.221 e. The molecule has 0 radical (unpaired) electrons. The second kappa shape index (κ2) is 7.93. The second-order valence-corrected chi connectivity index (χ2v) is 7.61. The number of carbonyl (C=O) groups excluding carboxylic acids is 1. The Morgan fingerprint density at radius 3 is 2.55 bits per heavy atom. The van der Waals surface area contributed by atoms with Crippen LogP contribution in [0.3, 0.4) is 0 Å². The van der Waals surface area contributed by atoms with Gasteiger partial charge in [-0.25, -0.2) is 9.37 Å². The molecule has 0 aliphatic carbocycles. The van der Waals surface area contributed by atoms with Crippen molar-refractivity contribution < 1.29 is 9.18 Å². The number of primary amides is 1. The van der Waals surface area contributed by atoms with Crippen molar-refractivity contribution in [2.45, 2.75) is 13.3 Å². The molecule has 0 aliphatic rings. The fraction of sp³-hybridized carbons (Fsp3) is 0.0870. The van der Waals surface area contributed by atoms with Crippen LogP contribution in [0.2, 0.25) is 0 Å². The van der Waals surface area contributed by atoms with Gasteiger partial charge in [0.1, 0.15) is 10.8 Å². The summed E-state index contributed by atoms with van der Waals surface area (Å²) in [6, 6.07) is 16.1. The number of carbonyl (C=O) groups is 1. The highest BCUT2D eigenvalue weighted by Crippen LogP contribution is 2.36. The van der Waals surface area contributed by atoms with E-state index in [-0.39, 0.29) is 18.1 Å². The highest BCUT2D eigenvalue weighted by Gasteiger charge is 2.14. The van der Waals surface area contributed by atoms with Gasteiger partial charge in [0, 0.05) is 28.4 Å². The Labute approximate surface area is 171 Å². The average Bonchev–Trinajstić information content (AvgIpc) is 3.18. The number of rotatable bonds is 5. The lowest BCUT2D eigenvalue weighted by Gasteiger charge is -2.10. The molecule has 2 aromatic heterocycles. The number of hydrogen-bond donors (Lipinski definition) is 1. The fourth-order valence-corrected chi connectivity index (χ4v) is 4.05. The van der Waals surface area contributed by atoms with Crippen LogP contribution < -0.4 is 5.73 Å². The molecule has 2 aromatic carbocycles. The lowest BCUT2D eigenvalue weighted by Crippen LogP contribution is -2.13. The number of aryl methyl sites for hydroxylation is 1. The van der Waals surface area contributed by atoms with Gasteiger partial charge in [-0.3, -0.25) is 9.78 Å². The largest absolute Gasteiger partial charge is 0.369 e. The van der Waals surface area contributed by atoms with E-state index in [4.69, 9.17) is 10.7 Å². The first kappa shape index (κ1) is 19.0. The molecule has 0 unspecified atom stereocenters. The van der Waals surface area contributed by atoms with Crippen LogP contribution in [0.1, 0.15) is 11.3 Å². The molecule has 0 aliphatic heterocycles. The summed E-state index contributed by atoms with van der Waals surface area (Å²) in [4.78, 5) is 20.4. The Balaban J connectivity index is 1.82. The predicted octanol–water partition coefficient (Wildman–Crippen LogP) is 5.01. The highest BCUT2D eigenvalue weighted by molar-refractivity contribution is 7.13. The molecule has 4 rings (SSSR count). The van der Waals surface area contributed by atoms with Crippen LogP contribution in [0.15, 0.2) is 66.2 Å². The van der Waals surface area contributed by atoms with Gasteiger partial charge in [0.2, 0.25) is 5.91 Å². The zero-order valence-corrected chi connectivity index (χ0v) is 16.5. The van der Waals surface area contributed by atoms with Crippen LogP contribution in [0.25, 0.3) is 33.0 Å². The van der Waals surface area contributed by atoms with Gasteiger partial charge in [0.05, 0.1) is 12.1 Å². The van der Waals surface area contributed by atoms with E-state index in [0.29, 0.717) is 0 Å². The first-order valence-electron chi connectivity index (χ1n) is 9.06. The molecule has 4 aromatic rings. The van der Waals surface area contributed by atoms with Crippen molar-refractivity contribution in [1.82, 2.24) is 9.97 Å². The van der Waals surface area contributed by atoms with Crippen molar-refractivity contribution in [3.05, 3.63) is 83.2 Å². The lowest BCUT2D eigenvalue weighted by atomic mass is 9.97. The van der Waals surface area contributed by atoms with E-state index in [2.05, 4.69) is 4.98 Å². The summed E-state index contributed by atoms with van der Waals surface area (Å²) in [7, 11) is 0. The minimum atomic E-state index is -0.380. The Kier molecular flexibility index (Phi) is 5.18. The number of halogens is 1. The zero-order valence-electron chi connectivity index (χ0n) is 15.7. The summed E-state index contributed by atoms with van der Waals surface area (Å²) in [6.45, 7) is 1.95. The molecule has 0 saturated carbocycles. The number of nitrogens with zero attached hydrogens (tertiary/aromatic N) is 2. The van der Waals surface area contributed by atoms with E-state index < -0.39 is 0 Å². The first-order valence-corrected chi connectivity index (χ1v) is 9.93. The molecular weight excluding hydrogens is 385 g/mol. The zero-order chi connectivity index (χ0) is 20.4.